The van der Waals surface area contributed by atoms with Gasteiger partial charge in [0.15, 0.2) is 4.90 Å². The van der Waals surface area contributed by atoms with Crippen molar-refractivity contribution in [3.05, 3.63) is 27.0 Å². The zero-order valence-electron chi connectivity index (χ0n) is 15.9. The number of H-pyrrole nitrogens is 1. The fourth-order valence-corrected chi connectivity index (χ4v) is 5.27. The Morgan fingerprint density at radius 3 is 2.63 bits per heavy atom. The number of unbranched alkanes of at least 4 members (excludes halogenated alkanes) is 3. The third-order valence-corrected chi connectivity index (χ3v) is 7.14. The van der Waals surface area contributed by atoms with E-state index in [9.17, 15) is 18.0 Å². The van der Waals surface area contributed by atoms with Crippen LogP contribution in [0, 0.1) is 5.92 Å². The van der Waals surface area contributed by atoms with Crippen LogP contribution in [-0.4, -0.2) is 48.1 Å². The van der Waals surface area contributed by atoms with Gasteiger partial charge in [0.2, 0.25) is 10.0 Å². The average Bonchev–Trinajstić information content (AvgIpc) is 3.33. The highest BCUT2D eigenvalue weighted by atomic mass is 32.2. The lowest BCUT2D eigenvalue weighted by Crippen LogP contribution is -2.42. The molecular formula is C18H29N3O5S. The molecule has 0 amide bonds. The molecule has 1 atom stereocenters. The SMILES string of the molecule is CCCCCCn1cc(S(=O)(=O)N(C[C@@H]2CCOC2)C2CC2)c(=O)[nH]c1=O. The Kier molecular flexibility index (Phi) is 6.54. The lowest BCUT2D eigenvalue weighted by molar-refractivity contribution is 0.180. The molecule has 0 aromatic carbocycles. The number of nitrogens with zero attached hydrogens (tertiary/aromatic N) is 2. The standard InChI is InChI=1S/C18H29N3O5S/c1-2-3-4-5-9-20-12-16(17(22)19-18(20)23)27(24,25)21(15-6-7-15)11-14-8-10-26-13-14/h12,14-15H,2-11,13H2,1H3,(H,19,22,23)/t14-/m0/s1. The number of sulfonamides is 1. The van der Waals surface area contributed by atoms with Crippen molar-refractivity contribution in [3.63, 3.8) is 0 Å². The van der Waals surface area contributed by atoms with Gasteiger partial charge in [-0.3, -0.25) is 14.3 Å². The molecule has 0 radical (unpaired) electrons. The molecule has 2 aliphatic rings. The molecule has 8 nitrogen and oxygen atoms in total. The molecule has 1 aliphatic heterocycles. The summed E-state index contributed by atoms with van der Waals surface area (Å²) in [7, 11) is -3.96. The van der Waals surface area contributed by atoms with Gasteiger partial charge in [0.05, 0.1) is 6.61 Å². The maximum atomic E-state index is 13.2. The second-order valence-corrected chi connectivity index (χ2v) is 9.40. The molecule has 1 saturated carbocycles. The summed E-state index contributed by atoms with van der Waals surface area (Å²) in [6.07, 6.45) is 7.52. The average molecular weight is 400 g/mol. The van der Waals surface area contributed by atoms with Crippen LogP contribution in [0.4, 0.5) is 0 Å². The number of ether oxygens (including phenoxy) is 1. The largest absolute Gasteiger partial charge is 0.381 e. The van der Waals surface area contributed by atoms with Crippen LogP contribution < -0.4 is 11.2 Å². The minimum atomic E-state index is -3.96. The van der Waals surface area contributed by atoms with Crippen LogP contribution in [0.2, 0.25) is 0 Å². The van der Waals surface area contributed by atoms with Crippen LogP contribution in [0.1, 0.15) is 51.9 Å². The molecule has 27 heavy (non-hydrogen) atoms. The molecule has 0 spiro atoms. The van der Waals surface area contributed by atoms with E-state index in [1.165, 1.54) is 15.1 Å². The number of nitrogens with one attached hydrogen (secondary N) is 1. The number of hydrogen-bond donors (Lipinski definition) is 1. The molecule has 1 aromatic heterocycles. The van der Waals surface area contributed by atoms with E-state index in [2.05, 4.69) is 11.9 Å². The topological polar surface area (TPSA) is 101 Å². The van der Waals surface area contributed by atoms with E-state index < -0.39 is 21.3 Å². The minimum absolute atomic E-state index is 0.0556. The molecule has 1 N–H and O–H groups in total. The monoisotopic (exact) mass is 399 g/mol. The van der Waals surface area contributed by atoms with Crippen LogP contribution in [0.15, 0.2) is 20.7 Å². The lowest BCUT2D eigenvalue weighted by Gasteiger charge is -2.24. The Balaban J connectivity index is 1.85. The highest BCUT2D eigenvalue weighted by molar-refractivity contribution is 7.89. The molecule has 1 saturated heterocycles. The Hall–Kier alpha value is -1.45. The van der Waals surface area contributed by atoms with Crippen molar-refractivity contribution in [1.29, 1.82) is 0 Å². The Bertz CT molecular complexity index is 850. The van der Waals surface area contributed by atoms with E-state index in [1.54, 1.807) is 0 Å². The lowest BCUT2D eigenvalue weighted by atomic mass is 10.1. The summed E-state index contributed by atoms with van der Waals surface area (Å²) in [6, 6.07) is -0.0556. The van der Waals surface area contributed by atoms with Gasteiger partial charge in [-0.05, 0) is 31.6 Å². The summed E-state index contributed by atoms with van der Waals surface area (Å²) in [5, 5.41) is 0. The van der Waals surface area contributed by atoms with Gasteiger partial charge in [-0.2, -0.15) is 4.31 Å². The fraction of sp³-hybridized carbons (Fsp3) is 0.778. The van der Waals surface area contributed by atoms with Crippen molar-refractivity contribution in [3.8, 4) is 0 Å². The summed E-state index contributed by atoms with van der Waals surface area (Å²) >= 11 is 0. The fourth-order valence-electron chi connectivity index (χ4n) is 3.46. The quantitative estimate of drug-likeness (QED) is 0.598. The van der Waals surface area contributed by atoms with Crippen LogP contribution in [0.5, 0.6) is 0 Å². The Morgan fingerprint density at radius 2 is 2.00 bits per heavy atom. The maximum Gasteiger partial charge on any atom is 0.328 e. The zero-order chi connectivity index (χ0) is 19.4. The van der Waals surface area contributed by atoms with Crippen molar-refractivity contribution in [2.75, 3.05) is 19.8 Å². The smallest absolute Gasteiger partial charge is 0.328 e. The van der Waals surface area contributed by atoms with E-state index in [0.717, 1.165) is 44.9 Å². The molecule has 2 fully saturated rings. The van der Waals surface area contributed by atoms with Gasteiger partial charge in [0.1, 0.15) is 0 Å². The van der Waals surface area contributed by atoms with Crippen molar-refractivity contribution >= 4 is 10.0 Å². The first kappa shape index (κ1) is 20.3. The van der Waals surface area contributed by atoms with Crippen molar-refractivity contribution in [2.24, 2.45) is 5.92 Å². The number of rotatable bonds is 10. The maximum absolute atomic E-state index is 13.2. The summed E-state index contributed by atoms with van der Waals surface area (Å²) < 4.78 is 34.5. The Morgan fingerprint density at radius 1 is 1.22 bits per heavy atom. The first-order valence-corrected chi connectivity index (χ1v) is 11.3. The number of aryl methyl sites for hydroxylation is 1. The number of aromatic nitrogens is 2. The van der Waals surface area contributed by atoms with Gasteiger partial charge in [0, 0.05) is 31.9 Å². The van der Waals surface area contributed by atoms with E-state index in [-0.39, 0.29) is 16.9 Å². The second kappa shape index (κ2) is 8.70. The minimum Gasteiger partial charge on any atom is -0.381 e. The van der Waals surface area contributed by atoms with Gasteiger partial charge >= 0.3 is 5.69 Å². The van der Waals surface area contributed by atoms with Crippen LogP contribution in [-0.2, 0) is 21.3 Å². The summed E-state index contributed by atoms with van der Waals surface area (Å²) in [5.41, 5.74) is -1.39. The van der Waals surface area contributed by atoms with E-state index in [1.807, 2.05) is 0 Å². The third kappa shape index (κ3) is 4.89. The first-order valence-electron chi connectivity index (χ1n) is 9.87. The predicted octanol–water partition coefficient (Wildman–Crippen LogP) is 1.31. The first-order chi connectivity index (χ1) is 12.9. The molecule has 1 aromatic rings. The predicted molar refractivity (Wildman–Crippen MR) is 101 cm³/mol. The van der Waals surface area contributed by atoms with E-state index in [0.29, 0.717) is 26.3 Å². The highest BCUT2D eigenvalue weighted by Gasteiger charge is 2.41. The van der Waals surface area contributed by atoms with Crippen molar-refractivity contribution in [2.45, 2.75) is 69.4 Å². The molecule has 2 heterocycles. The van der Waals surface area contributed by atoms with E-state index in [4.69, 9.17) is 4.74 Å². The summed E-state index contributed by atoms with van der Waals surface area (Å²) in [4.78, 5) is 26.2. The second-order valence-electron chi connectivity index (χ2n) is 7.54. The summed E-state index contributed by atoms with van der Waals surface area (Å²) in [6.45, 7) is 4.05. The van der Waals surface area contributed by atoms with Crippen LogP contribution >= 0.6 is 0 Å². The highest BCUT2D eigenvalue weighted by Crippen LogP contribution is 2.33. The van der Waals surface area contributed by atoms with Crippen LogP contribution in [0.25, 0.3) is 0 Å². The molecule has 152 valence electrons. The van der Waals surface area contributed by atoms with Gasteiger partial charge in [-0.15, -0.1) is 0 Å². The normalized spacial score (nSPS) is 20.4. The van der Waals surface area contributed by atoms with Gasteiger partial charge in [-0.1, -0.05) is 26.2 Å². The van der Waals surface area contributed by atoms with Gasteiger partial charge in [0.25, 0.3) is 5.56 Å². The molecule has 0 unspecified atom stereocenters. The molecule has 1 aliphatic carbocycles. The molecule has 9 heteroatoms. The number of aromatic amines is 1. The Labute approximate surface area is 159 Å². The number of hydrogen-bond acceptors (Lipinski definition) is 5. The van der Waals surface area contributed by atoms with Crippen molar-refractivity contribution < 1.29 is 13.2 Å². The van der Waals surface area contributed by atoms with Gasteiger partial charge in [-0.25, -0.2) is 13.2 Å². The van der Waals surface area contributed by atoms with Crippen molar-refractivity contribution in [1.82, 2.24) is 13.9 Å². The van der Waals surface area contributed by atoms with Crippen LogP contribution in [0.3, 0.4) is 0 Å². The molecule has 0 bridgehead atoms. The summed E-state index contributed by atoms with van der Waals surface area (Å²) in [5.74, 6) is 0.152. The van der Waals surface area contributed by atoms with E-state index >= 15 is 0 Å². The zero-order valence-corrected chi connectivity index (χ0v) is 16.7. The molecular weight excluding hydrogens is 370 g/mol. The third-order valence-electron chi connectivity index (χ3n) is 5.23. The van der Waals surface area contributed by atoms with Gasteiger partial charge < -0.3 is 4.74 Å². The molecule has 3 rings (SSSR count).